The maximum absolute atomic E-state index is 5.61. The first-order valence-electron chi connectivity index (χ1n) is 6.55. The predicted octanol–water partition coefficient (Wildman–Crippen LogP) is 3.51. The molecule has 1 atom stereocenters. The van der Waals surface area contributed by atoms with Crippen molar-refractivity contribution < 1.29 is 9.15 Å². The van der Waals surface area contributed by atoms with Crippen LogP contribution in [0, 0.1) is 0 Å². The summed E-state index contributed by atoms with van der Waals surface area (Å²) in [5.74, 6) is 0. The Hall–Kier alpha value is -1.32. The van der Waals surface area contributed by atoms with Gasteiger partial charge in [-0.05, 0) is 25.5 Å². The largest absolute Gasteiger partial charge is 0.464 e. The van der Waals surface area contributed by atoms with Crippen LogP contribution in [0.25, 0.3) is 11.0 Å². The van der Waals surface area contributed by atoms with Crippen molar-refractivity contribution in [1.82, 2.24) is 5.32 Å². The summed E-state index contributed by atoms with van der Waals surface area (Å²) in [6.45, 7) is 3.89. The normalized spacial score (nSPS) is 13.0. The fraction of sp³-hybridized carbons (Fsp3) is 0.467. The zero-order valence-corrected chi connectivity index (χ0v) is 11.1. The summed E-state index contributed by atoms with van der Waals surface area (Å²) >= 11 is 0. The van der Waals surface area contributed by atoms with Gasteiger partial charge in [-0.25, -0.2) is 0 Å². The van der Waals surface area contributed by atoms with Crippen molar-refractivity contribution >= 4 is 11.0 Å². The second-order valence-electron chi connectivity index (χ2n) is 4.43. The molecule has 3 heteroatoms. The number of benzene rings is 1. The van der Waals surface area contributed by atoms with Gasteiger partial charge in [0.2, 0.25) is 0 Å². The van der Waals surface area contributed by atoms with Crippen molar-refractivity contribution in [2.24, 2.45) is 0 Å². The van der Waals surface area contributed by atoms with Crippen LogP contribution < -0.4 is 5.32 Å². The first-order chi connectivity index (χ1) is 8.86. The van der Waals surface area contributed by atoms with E-state index in [-0.39, 0.29) is 0 Å². The van der Waals surface area contributed by atoms with E-state index in [1.54, 1.807) is 7.11 Å². The molecule has 98 valence electrons. The van der Waals surface area contributed by atoms with E-state index < -0.39 is 0 Å². The number of fused-ring (bicyclic) bond motifs is 1. The quantitative estimate of drug-likeness (QED) is 0.760. The zero-order chi connectivity index (χ0) is 12.8. The Labute approximate surface area is 108 Å². The fourth-order valence-corrected chi connectivity index (χ4v) is 2.31. The van der Waals surface area contributed by atoms with Gasteiger partial charge in [0.25, 0.3) is 0 Å². The third-order valence-electron chi connectivity index (χ3n) is 3.18. The highest BCUT2D eigenvalue weighted by Crippen LogP contribution is 2.28. The summed E-state index contributed by atoms with van der Waals surface area (Å²) in [7, 11) is 1.75. The molecule has 1 heterocycles. The standard InChI is InChI=1S/C15H21NO2/c1-3-16-14(8-6-10-17-2)13-11-18-15-9-5-4-7-12(13)15/h4-5,7,9,11,14,16H,3,6,8,10H2,1-2H3. The number of methoxy groups -OCH3 is 1. The number of nitrogens with one attached hydrogen (secondary N) is 1. The number of ether oxygens (including phenoxy) is 1. The second kappa shape index (κ2) is 6.57. The predicted molar refractivity (Wildman–Crippen MR) is 73.7 cm³/mol. The lowest BCUT2D eigenvalue weighted by Gasteiger charge is -2.16. The van der Waals surface area contributed by atoms with E-state index in [0.29, 0.717) is 6.04 Å². The van der Waals surface area contributed by atoms with Crippen molar-refractivity contribution in [2.75, 3.05) is 20.3 Å². The lowest BCUT2D eigenvalue weighted by molar-refractivity contribution is 0.189. The number of furan rings is 1. The Balaban J connectivity index is 2.18. The third-order valence-corrected chi connectivity index (χ3v) is 3.18. The number of hydrogen-bond acceptors (Lipinski definition) is 3. The summed E-state index contributed by atoms with van der Waals surface area (Å²) in [4.78, 5) is 0. The molecule has 0 saturated carbocycles. The molecule has 0 aliphatic heterocycles. The van der Waals surface area contributed by atoms with Crippen molar-refractivity contribution in [2.45, 2.75) is 25.8 Å². The maximum Gasteiger partial charge on any atom is 0.134 e. The first kappa shape index (κ1) is 13.1. The Kier molecular flexibility index (Phi) is 4.79. The molecule has 0 aliphatic rings. The van der Waals surface area contributed by atoms with Crippen LogP contribution in [0.4, 0.5) is 0 Å². The van der Waals surface area contributed by atoms with Gasteiger partial charge >= 0.3 is 0 Å². The van der Waals surface area contributed by atoms with Gasteiger partial charge in [-0.3, -0.25) is 0 Å². The highest BCUT2D eigenvalue weighted by molar-refractivity contribution is 5.81. The molecule has 18 heavy (non-hydrogen) atoms. The topological polar surface area (TPSA) is 34.4 Å². The Bertz CT molecular complexity index is 478. The SMILES string of the molecule is CCNC(CCCOC)c1coc2ccccc12. The summed E-state index contributed by atoms with van der Waals surface area (Å²) in [5, 5.41) is 4.73. The van der Waals surface area contributed by atoms with Gasteiger partial charge in [0.05, 0.1) is 6.26 Å². The minimum absolute atomic E-state index is 0.341. The van der Waals surface area contributed by atoms with E-state index in [1.807, 2.05) is 18.4 Å². The van der Waals surface area contributed by atoms with Crippen LogP contribution in [-0.2, 0) is 4.74 Å². The molecular formula is C15H21NO2. The maximum atomic E-state index is 5.61. The van der Waals surface area contributed by atoms with Crippen LogP contribution in [0.15, 0.2) is 34.9 Å². The van der Waals surface area contributed by atoms with Crippen LogP contribution >= 0.6 is 0 Å². The molecule has 2 rings (SSSR count). The molecule has 0 amide bonds. The Morgan fingerprint density at radius 1 is 1.33 bits per heavy atom. The van der Waals surface area contributed by atoms with Gasteiger partial charge in [-0.15, -0.1) is 0 Å². The monoisotopic (exact) mass is 247 g/mol. The minimum atomic E-state index is 0.341. The van der Waals surface area contributed by atoms with Gasteiger partial charge in [0.15, 0.2) is 0 Å². The van der Waals surface area contributed by atoms with Gasteiger partial charge in [-0.1, -0.05) is 25.1 Å². The molecule has 0 radical (unpaired) electrons. The van der Waals surface area contributed by atoms with Crippen molar-refractivity contribution in [1.29, 1.82) is 0 Å². The molecule has 1 aromatic heterocycles. The highest BCUT2D eigenvalue weighted by Gasteiger charge is 2.15. The Morgan fingerprint density at radius 3 is 2.94 bits per heavy atom. The van der Waals surface area contributed by atoms with E-state index in [4.69, 9.17) is 9.15 Å². The summed E-state index contributed by atoms with van der Waals surface area (Å²) in [6, 6.07) is 8.53. The van der Waals surface area contributed by atoms with E-state index in [1.165, 1.54) is 10.9 Å². The average Bonchev–Trinajstić information content (AvgIpc) is 2.82. The van der Waals surface area contributed by atoms with E-state index in [0.717, 1.165) is 31.6 Å². The fourth-order valence-electron chi connectivity index (χ4n) is 2.31. The van der Waals surface area contributed by atoms with Gasteiger partial charge in [0.1, 0.15) is 5.58 Å². The van der Waals surface area contributed by atoms with Crippen molar-refractivity contribution in [3.63, 3.8) is 0 Å². The van der Waals surface area contributed by atoms with Crippen LogP contribution in [-0.4, -0.2) is 20.3 Å². The molecule has 1 N–H and O–H groups in total. The lowest BCUT2D eigenvalue weighted by Crippen LogP contribution is -2.21. The molecule has 2 aromatic rings. The van der Waals surface area contributed by atoms with Crippen molar-refractivity contribution in [3.05, 3.63) is 36.1 Å². The molecule has 1 aromatic carbocycles. The van der Waals surface area contributed by atoms with E-state index in [2.05, 4.69) is 24.4 Å². The molecular weight excluding hydrogens is 226 g/mol. The molecule has 0 fully saturated rings. The molecule has 1 unspecified atom stereocenters. The summed E-state index contributed by atoms with van der Waals surface area (Å²) < 4.78 is 10.7. The molecule has 0 aliphatic carbocycles. The Morgan fingerprint density at radius 2 is 2.17 bits per heavy atom. The van der Waals surface area contributed by atoms with Crippen LogP contribution in [0.1, 0.15) is 31.4 Å². The molecule has 0 bridgehead atoms. The third kappa shape index (κ3) is 2.92. The first-order valence-corrected chi connectivity index (χ1v) is 6.55. The minimum Gasteiger partial charge on any atom is -0.464 e. The van der Waals surface area contributed by atoms with Gasteiger partial charge < -0.3 is 14.5 Å². The summed E-state index contributed by atoms with van der Waals surface area (Å²) in [6.07, 6.45) is 3.99. The molecule has 0 saturated heterocycles. The number of hydrogen-bond donors (Lipinski definition) is 1. The zero-order valence-electron chi connectivity index (χ0n) is 11.1. The number of rotatable bonds is 7. The van der Waals surface area contributed by atoms with Gasteiger partial charge in [0, 0.05) is 30.7 Å². The van der Waals surface area contributed by atoms with Crippen LogP contribution in [0.2, 0.25) is 0 Å². The number of para-hydroxylation sites is 1. The average molecular weight is 247 g/mol. The molecule has 0 spiro atoms. The van der Waals surface area contributed by atoms with Gasteiger partial charge in [-0.2, -0.15) is 0 Å². The van der Waals surface area contributed by atoms with E-state index >= 15 is 0 Å². The lowest BCUT2D eigenvalue weighted by atomic mass is 10.0. The van der Waals surface area contributed by atoms with Crippen molar-refractivity contribution in [3.8, 4) is 0 Å². The highest BCUT2D eigenvalue weighted by atomic mass is 16.5. The van der Waals surface area contributed by atoms with E-state index in [9.17, 15) is 0 Å². The molecule has 3 nitrogen and oxygen atoms in total. The van der Waals surface area contributed by atoms with Crippen LogP contribution in [0.3, 0.4) is 0 Å². The van der Waals surface area contributed by atoms with Crippen LogP contribution in [0.5, 0.6) is 0 Å². The second-order valence-corrected chi connectivity index (χ2v) is 4.43. The summed E-state index contributed by atoms with van der Waals surface area (Å²) in [5.41, 5.74) is 2.21. The smallest absolute Gasteiger partial charge is 0.134 e.